The van der Waals surface area contributed by atoms with Crippen molar-refractivity contribution < 1.29 is 5.11 Å². The average molecular weight is 164 g/mol. The van der Waals surface area contributed by atoms with Gasteiger partial charge < -0.3 is 10.4 Å². The molecule has 0 bridgehead atoms. The summed E-state index contributed by atoms with van der Waals surface area (Å²) in [6.45, 7) is 3.21. The molecule has 12 heavy (non-hydrogen) atoms. The Kier molecular flexibility index (Phi) is 1.63. The van der Waals surface area contributed by atoms with Crippen LogP contribution in [0.25, 0.3) is 0 Å². The molecule has 0 saturated carbocycles. The minimum absolute atomic E-state index is 0.614. The maximum atomic E-state index is 9.85. The van der Waals surface area contributed by atoms with Gasteiger partial charge in [0.15, 0.2) is 0 Å². The molecule has 1 aromatic heterocycles. The fourth-order valence-corrected chi connectivity index (χ4v) is 1.29. The number of β-amino-alcohol motifs (C(OH)–C–C–N with tert-alkyl or cyclic N) is 1. The minimum Gasteiger partial charge on any atom is -0.381 e. The number of pyridine rings is 1. The van der Waals surface area contributed by atoms with E-state index in [1.807, 2.05) is 19.1 Å². The van der Waals surface area contributed by atoms with E-state index in [9.17, 15) is 5.11 Å². The van der Waals surface area contributed by atoms with Crippen molar-refractivity contribution in [1.29, 1.82) is 0 Å². The van der Waals surface area contributed by atoms with E-state index in [0.29, 0.717) is 13.1 Å². The van der Waals surface area contributed by atoms with Gasteiger partial charge in [-0.05, 0) is 18.6 Å². The van der Waals surface area contributed by atoms with Gasteiger partial charge in [0.1, 0.15) is 5.60 Å². The summed E-state index contributed by atoms with van der Waals surface area (Å²) in [6.07, 6.45) is 1.78. The lowest BCUT2D eigenvalue weighted by atomic mass is 9.92. The van der Waals surface area contributed by atoms with Gasteiger partial charge in [0, 0.05) is 19.3 Å². The summed E-state index contributed by atoms with van der Waals surface area (Å²) >= 11 is 0. The van der Waals surface area contributed by atoms with Crippen molar-refractivity contribution in [2.45, 2.75) is 12.5 Å². The van der Waals surface area contributed by atoms with Crippen LogP contribution in [0.2, 0.25) is 0 Å². The van der Waals surface area contributed by atoms with E-state index >= 15 is 0 Å². The normalized spacial score (nSPS) is 20.2. The molecule has 3 nitrogen and oxygen atoms in total. The van der Waals surface area contributed by atoms with Crippen LogP contribution < -0.4 is 5.32 Å². The molecule has 1 aliphatic rings. The van der Waals surface area contributed by atoms with Crippen LogP contribution in [0.5, 0.6) is 0 Å². The van der Waals surface area contributed by atoms with Gasteiger partial charge in [-0.1, -0.05) is 6.07 Å². The smallest absolute Gasteiger partial charge is 0.131 e. The molecule has 0 aliphatic carbocycles. The third kappa shape index (κ3) is 1.11. The first-order chi connectivity index (χ1) is 5.71. The number of aliphatic hydroxyl groups is 1. The zero-order chi connectivity index (χ0) is 8.60. The number of hydrogen-bond acceptors (Lipinski definition) is 3. The highest BCUT2D eigenvalue weighted by Crippen LogP contribution is 2.22. The van der Waals surface area contributed by atoms with Gasteiger partial charge in [-0.25, -0.2) is 0 Å². The first-order valence-corrected chi connectivity index (χ1v) is 4.07. The minimum atomic E-state index is -0.715. The Morgan fingerprint density at radius 1 is 1.50 bits per heavy atom. The summed E-state index contributed by atoms with van der Waals surface area (Å²) < 4.78 is 0. The molecule has 0 radical (unpaired) electrons. The quantitative estimate of drug-likeness (QED) is 0.622. The van der Waals surface area contributed by atoms with Gasteiger partial charge >= 0.3 is 0 Å². The molecule has 0 unspecified atom stereocenters. The van der Waals surface area contributed by atoms with Gasteiger partial charge in [0.25, 0.3) is 0 Å². The van der Waals surface area contributed by atoms with Crippen LogP contribution in [-0.2, 0) is 5.60 Å². The third-order valence-electron chi connectivity index (χ3n) is 2.22. The molecule has 64 valence electrons. The number of rotatable bonds is 1. The Balaban J connectivity index is 2.28. The molecule has 1 aromatic rings. The summed E-state index contributed by atoms with van der Waals surface area (Å²) in [5.41, 5.74) is 1.18. The van der Waals surface area contributed by atoms with Crippen molar-refractivity contribution in [3.8, 4) is 0 Å². The highest BCUT2D eigenvalue weighted by atomic mass is 16.3. The second kappa shape index (κ2) is 2.54. The zero-order valence-corrected chi connectivity index (χ0v) is 7.04. The topological polar surface area (TPSA) is 45.1 Å². The molecule has 0 atom stereocenters. The second-order valence-electron chi connectivity index (χ2n) is 3.36. The second-order valence-corrected chi connectivity index (χ2v) is 3.36. The van der Waals surface area contributed by atoms with Crippen LogP contribution >= 0.6 is 0 Å². The number of nitrogens with zero attached hydrogens (tertiary/aromatic N) is 1. The Hall–Kier alpha value is -0.930. The lowest BCUT2D eigenvalue weighted by molar-refractivity contribution is -0.0185. The van der Waals surface area contributed by atoms with Crippen LogP contribution in [0.4, 0.5) is 0 Å². The van der Waals surface area contributed by atoms with Gasteiger partial charge in [-0.15, -0.1) is 0 Å². The Bertz CT molecular complexity index is 277. The maximum absolute atomic E-state index is 9.85. The van der Waals surface area contributed by atoms with Gasteiger partial charge in [-0.3, -0.25) is 4.98 Å². The lowest BCUT2D eigenvalue weighted by Crippen LogP contribution is -2.57. The highest BCUT2D eigenvalue weighted by molar-refractivity contribution is 5.21. The van der Waals surface area contributed by atoms with Crippen molar-refractivity contribution in [2.24, 2.45) is 0 Å². The van der Waals surface area contributed by atoms with E-state index < -0.39 is 5.60 Å². The third-order valence-corrected chi connectivity index (χ3v) is 2.22. The van der Waals surface area contributed by atoms with Crippen LogP contribution in [0.3, 0.4) is 0 Å². The standard InChI is InChI=1S/C9H12N2O/c1-7-2-3-8(11-4-7)9(12)5-10-6-9/h2-4,10,12H,5-6H2,1H3. The van der Waals surface area contributed by atoms with Crippen molar-refractivity contribution in [3.05, 3.63) is 29.6 Å². The van der Waals surface area contributed by atoms with Crippen LogP contribution in [0, 0.1) is 6.92 Å². The lowest BCUT2D eigenvalue weighted by Gasteiger charge is -2.36. The van der Waals surface area contributed by atoms with Gasteiger partial charge in [-0.2, -0.15) is 0 Å². The van der Waals surface area contributed by atoms with Gasteiger partial charge in [0.2, 0.25) is 0 Å². The fourth-order valence-electron chi connectivity index (χ4n) is 1.29. The first kappa shape index (κ1) is 7.71. The fraction of sp³-hybridized carbons (Fsp3) is 0.444. The Labute approximate surface area is 71.4 Å². The molecular formula is C9H12N2O. The molecule has 3 heteroatoms. The molecule has 2 rings (SSSR count). The van der Waals surface area contributed by atoms with E-state index in [-0.39, 0.29) is 0 Å². The first-order valence-electron chi connectivity index (χ1n) is 4.07. The van der Waals surface area contributed by atoms with E-state index in [4.69, 9.17) is 0 Å². The summed E-state index contributed by atoms with van der Waals surface area (Å²) in [5.74, 6) is 0. The van der Waals surface area contributed by atoms with Crippen molar-refractivity contribution in [2.75, 3.05) is 13.1 Å². The van der Waals surface area contributed by atoms with Crippen molar-refractivity contribution in [1.82, 2.24) is 10.3 Å². The molecule has 1 saturated heterocycles. The molecule has 2 N–H and O–H groups in total. The molecule has 0 amide bonds. The summed E-state index contributed by atoms with van der Waals surface area (Å²) in [4.78, 5) is 4.18. The Morgan fingerprint density at radius 2 is 2.25 bits per heavy atom. The van der Waals surface area contributed by atoms with Gasteiger partial charge in [0.05, 0.1) is 5.69 Å². The molecule has 0 aromatic carbocycles. The predicted octanol–water partition coefficient (Wildman–Crippen LogP) is 0.181. The molecular weight excluding hydrogens is 152 g/mol. The number of nitrogens with one attached hydrogen (secondary N) is 1. The zero-order valence-electron chi connectivity index (χ0n) is 7.04. The van der Waals surface area contributed by atoms with Crippen molar-refractivity contribution in [3.63, 3.8) is 0 Å². The molecule has 0 spiro atoms. The summed E-state index contributed by atoms with van der Waals surface area (Å²) in [5, 5.41) is 12.9. The van der Waals surface area contributed by atoms with E-state index in [2.05, 4.69) is 10.3 Å². The van der Waals surface area contributed by atoms with Crippen LogP contribution in [-0.4, -0.2) is 23.2 Å². The molecule has 1 fully saturated rings. The monoisotopic (exact) mass is 164 g/mol. The number of hydrogen-bond donors (Lipinski definition) is 2. The van der Waals surface area contributed by atoms with Crippen LogP contribution in [0.15, 0.2) is 18.3 Å². The van der Waals surface area contributed by atoms with Crippen molar-refractivity contribution >= 4 is 0 Å². The number of aryl methyl sites for hydroxylation is 1. The van der Waals surface area contributed by atoms with Crippen LogP contribution in [0.1, 0.15) is 11.3 Å². The SMILES string of the molecule is Cc1ccc(C2(O)CNC2)nc1. The average Bonchev–Trinajstić information content (AvgIpc) is 2.02. The maximum Gasteiger partial charge on any atom is 0.131 e. The molecule has 2 heterocycles. The Morgan fingerprint density at radius 3 is 2.67 bits per heavy atom. The van der Waals surface area contributed by atoms with E-state index in [1.54, 1.807) is 6.20 Å². The van der Waals surface area contributed by atoms with E-state index in [1.165, 1.54) is 0 Å². The summed E-state index contributed by atoms with van der Waals surface area (Å²) in [7, 11) is 0. The summed E-state index contributed by atoms with van der Waals surface area (Å²) in [6, 6.07) is 3.86. The highest BCUT2D eigenvalue weighted by Gasteiger charge is 2.37. The predicted molar refractivity (Wildman–Crippen MR) is 45.7 cm³/mol. The largest absolute Gasteiger partial charge is 0.381 e. The molecule has 1 aliphatic heterocycles. The van der Waals surface area contributed by atoms with E-state index in [0.717, 1.165) is 11.3 Å². The number of aromatic nitrogens is 1.